The number of pyridine rings is 2. The highest BCUT2D eigenvalue weighted by Crippen LogP contribution is 2.36. The lowest BCUT2D eigenvalue weighted by atomic mass is 10.1. The standard InChI is InChI=1S/C20H27ClN4O2Si/c1-22-18-9-7-15(20(24-18)26-2)16-12-25(13-27-10-11-28(3,4)5)19-14(16)6-8-17(21)23-19/h6-9,12H,10-11,13H2,1-5H3,(H,22,24). The van der Waals surface area contributed by atoms with Crippen molar-refractivity contribution < 1.29 is 9.47 Å². The van der Waals surface area contributed by atoms with Gasteiger partial charge < -0.3 is 19.4 Å². The largest absolute Gasteiger partial charge is 0.480 e. The van der Waals surface area contributed by atoms with Gasteiger partial charge in [0.25, 0.3) is 0 Å². The number of anilines is 1. The highest BCUT2D eigenvalue weighted by molar-refractivity contribution is 6.76. The van der Waals surface area contributed by atoms with Gasteiger partial charge in [-0.05, 0) is 30.3 Å². The fourth-order valence-electron chi connectivity index (χ4n) is 2.94. The van der Waals surface area contributed by atoms with Gasteiger partial charge in [-0.3, -0.25) is 0 Å². The lowest BCUT2D eigenvalue weighted by Crippen LogP contribution is -2.22. The number of methoxy groups -OCH3 is 1. The molecule has 1 N–H and O–H groups in total. The second kappa shape index (κ2) is 8.51. The molecule has 0 radical (unpaired) electrons. The fraction of sp³-hybridized carbons (Fsp3) is 0.400. The van der Waals surface area contributed by atoms with Crippen molar-refractivity contribution in [3.63, 3.8) is 0 Å². The Hall–Kier alpha value is -2.09. The summed E-state index contributed by atoms with van der Waals surface area (Å²) in [6.07, 6.45) is 2.03. The van der Waals surface area contributed by atoms with Crippen LogP contribution >= 0.6 is 11.6 Å². The van der Waals surface area contributed by atoms with Crippen molar-refractivity contribution in [1.29, 1.82) is 0 Å². The van der Waals surface area contributed by atoms with E-state index in [0.29, 0.717) is 17.8 Å². The van der Waals surface area contributed by atoms with E-state index in [1.54, 1.807) is 13.2 Å². The van der Waals surface area contributed by atoms with Gasteiger partial charge in [0.15, 0.2) is 0 Å². The Labute approximate surface area is 171 Å². The molecule has 0 aliphatic carbocycles. The zero-order valence-electron chi connectivity index (χ0n) is 17.0. The molecular formula is C20H27ClN4O2Si. The summed E-state index contributed by atoms with van der Waals surface area (Å²) in [5.41, 5.74) is 2.67. The van der Waals surface area contributed by atoms with Gasteiger partial charge in [0.1, 0.15) is 23.3 Å². The maximum absolute atomic E-state index is 6.16. The molecule has 3 heterocycles. The van der Waals surface area contributed by atoms with Gasteiger partial charge in [-0.15, -0.1) is 0 Å². The minimum Gasteiger partial charge on any atom is -0.480 e. The first-order valence-corrected chi connectivity index (χ1v) is 13.4. The third-order valence-electron chi connectivity index (χ3n) is 4.52. The minimum absolute atomic E-state index is 0.429. The lowest BCUT2D eigenvalue weighted by molar-refractivity contribution is 0.0899. The van der Waals surface area contributed by atoms with Gasteiger partial charge in [-0.1, -0.05) is 31.2 Å². The van der Waals surface area contributed by atoms with E-state index in [0.717, 1.165) is 40.6 Å². The minimum atomic E-state index is -1.13. The van der Waals surface area contributed by atoms with Crippen molar-refractivity contribution in [2.75, 3.05) is 26.1 Å². The average molecular weight is 419 g/mol. The molecule has 0 fully saturated rings. The Morgan fingerprint density at radius 3 is 2.57 bits per heavy atom. The number of ether oxygens (including phenoxy) is 2. The molecule has 150 valence electrons. The van der Waals surface area contributed by atoms with Crippen LogP contribution in [0.2, 0.25) is 30.8 Å². The van der Waals surface area contributed by atoms with E-state index in [-0.39, 0.29) is 0 Å². The topological polar surface area (TPSA) is 61.2 Å². The molecule has 0 aromatic carbocycles. The number of hydrogen-bond donors (Lipinski definition) is 1. The normalized spacial score (nSPS) is 11.8. The summed E-state index contributed by atoms with van der Waals surface area (Å²) in [6, 6.07) is 8.82. The SMILES string of the molecule is CNc1ccc(-c2cn(COCC[Si](C)(C)C)c3nc(Cl)ccc23)c(OC)n1. The van der Waals surface area contributed by atoms with E-state index in [1.165, 1.54) is 0 Å². The summed E-state index contributed by atoms with van der Waals surface area (Å²) < 4.78 is 13.5. The number of fused-ring (bicyclic) bond motifs is 1. The van der Waals surface area contributed by atoms with Crippen LogP contribution in [0.3, 0.4) is 0 Å². The first-order chi connectivity index (χ1) is 13.3. The summed E-state index contributed by atoms with van der Waals surface area (Å²) in [5, 5.41) is 4.47. The second-order valence-electron chi connectivity index (χ2n) is 7.87. The number of halogens is 1. The van der Waals surface area contributed by atoms with E-state index < -0.39 is 8.07 Å². The Bertz CT molecular complexity index is 969. The molecule has 28 heavy (non-hydrogen) atoms. The molecule has 3 aromatic heterocycles. The van der Waals surface area contributed by atoms with Gasteiger partial charge in [-0.2, -0.15) is 4.98 Å². The molecule has 0 atom stereocenters. The van der Waals surface area contributed by atoms with Crippen LogP contribution in [0.15, 0.2) is 30.5 Å². The number of rotatable bonds is 8. The van der Waals surface area contributed by atoms with Crippen LogP contribution in [0.5, 0.6) is 5.88 Å². The van der Waals surface area contributed by atoms with E-state index in [1.807, 2.05) is 36.0 Å². The Balaban J connectivity index is 1.98. The number of aromatic nitrogens is 3. The van der Waals surface area contributed by atoms with Crippen LogP contribution in [0.1, 0.15) is 0 Å². The number of nitrogens with zero attached hydrogens (tertiary/aromatic N) is 3. The van der Waals surface area contributed by atoms with Crippen LogP contribution in [-0.4, -0.2) is 43.4 Å². The summed E-state index contributed by atoms with van der Waals surface area (Å²) in [7, 11) is 2.33. The third kappa shape index (κ3) is 4.66. The van der Waals surface area contributed by atoms with Crippen molar-refractivity contribution >= 4 is 36.5 Å². The third-order valence-corrected chi connectivity index (χ3v) is 6.43. The zero-order chi connectivity index (χ0) is 20.3. The van der Waals surface area contributed by atoms with Gasteiger partial charge in [-0.25, -0.2) is 4.98 Å². The molecule has 8 heteroatoms. The van der Waals surface area contributed by atoms with Gasteiger partial charge in [0.05, 0.1) is 7.11 Å². The first kappa shape index (κ1) is 20.6. The predicted octanol–water partition coefficient (Wildman–Crippen LogP) is 5.11. The fourth-order valence-corrected chi connectivity index (χ4v) is 3.84. The molecular weight excluding hydrogens is 392 g/mol. The molecule has 0 aliphatic heterocycles. The molecule has 0 bridgehead atoms. The summed E-state index contributed by atoms with van der Waals surface area (Å²) in [6.45, 7) is 8.20. The average Bonchev–Trinajstić information content (AvgIpc) is 3.01. The lowest BCUT2D eigenvalue weighted by Gasteiger charge is -2.15. The van der Waals surface area contributed by atoms with E-state index >= 15 is 0 Å². The van der Waals surface area contributed by atoms with E-state index in [9.17, 15) is 0 Å². The van der Waals surface area contributed by atoms with Crippen molar-refractivity contribution in [3.05, 3.63) is 35.6 Å². The highest BCUT2D eigenvalue weighted by atomic mass is 35.5. The Kier molecular flexibility index (Phi) is 6.27. The molecule has 6 nitrogen and oxygen atoms in total. The van der Waals surface area contributed by atoms with Crippen molar-refractivity contribution in [2.24, 2.45) is 0 Å². The van der Waals surface area contributed by atoms with Crippen molar-refractivity contribution in [1.82, 2.24) is 14.5 Å². The van der Waals surface area contributed by atoms with E-state index in [4.69, 9.17) is 21.1 Å². The summed E-state index contributed by atoms with van der Waals surface area (Å²) in [4.78, 5) is 9.03. The monoisotopic (exact) mass is 418 g/mol. The molecule has 0 saturated heterocycles. The maximum Gasteiger partial charge on any atom is 0.223 e. The van der Waals surface area contributed by atoms with Crippen LogP contribution in [0, 0.1) is 0 Å². The van der Waals surface area contributed by atoms with E-state index in [2.05, 4.69) is 34.9 Å². The Morgan fingerprint density at radius 2 is 1.89 bits per heavy atom. The smallest absolute Gasteiger partial charge is 0.223 e. The van der Waals surface area contributed by atoms with Gasteiger partial charge in [0, 0.05) is 44.4 Å². The summed E-state index contributed by atoms with van der Waals surface area (Å²) >= 11 is 6.16. The van der Waals surface area contributed by atoms with Crippen molar-refractivity contribution in [3.8, 4) is 17.0 Å². The molecule has 3 aromatic rings. The number of nitrogens with one attached hydrogen (secondary N) is 1. The quantitative estimate of drug-likeness (QED) is 0.312. The molecule has 0 saturated carbocycles. The van der Waals surface area contributed by atoms with Crippen molar-refractivity contribution in [2.45, 2.75) is 32.4 Å². The molecule has 0 aliphatic rings. The maximum atomic E-state index is 6.16. The predicted molar refractivity (Wildman–Crippen MR) is 118 cm³/mol. The zero-order valence-corrected chi connectivity index (χ0v) is 18.8. The molecule has 0 unspecified atom stereocenters. The van der Waals surface area contributed by atoms with Gasteiger partial charge >= 0.3 is 0 Å². The van der Waals surface area contributed by atoms with Crippen LogP contribution in [0.25, 0.3) is 22.2 Å². The van der Waals surface area contributed by atoms with Crippen LogP contribution < -0.4 is 10.1 Å². The molecule has 3 rings (SSSR count). The summed E-state index contributed by atoms with van der Waals surface area (Å²) in [5.74, 6) is 1.31. The van der Waals surface area contributed by atoms with Crippen LogP contribution in [0.4, 0.5) is 5.82 Å². The highest BCUT2D eigenvalue weighted by Gasteiger charge is 2.17. The second-order valence-corrected chi connectivity index (χ2v) is 13.9. The number of hydrogen-bond acceptors (Lipinski definition) is 5. The Morgan fingerprint density at radius 1 is 1.11 bits per heavy atom. The molecule has 0 spiro atoms. The van der Waals surface area contributed by atoms with Crippen LogP contribution in [-0.2, 0) is 11.5 Å². The first-order valence-electron chi connectivity index (χ1n) is 9.28. The van der Waals surface area contributed by atoms with Gasteiger partial charge in [0.2, 0.25) is 5.88 Å². The molecule has 0 amide bonds.